The fourth-order valence-corrected chi connectivity index (χ4v) is 1.04. The Morgan fingerprint density at radius 1 is 1.57 bits per heavy atom. The zero-order chi connectivity index (χ0) is 10.6. The first kappa shape index (κ1) is 10.4. The number of halogens is 1. The molecule has 0 aliphatic carbocycles. The molecular formula is C10H10FNO2. The van der Waals surface area contributed by atoms with Gasteiger partial charge in [-0.05, 0) is 6.07 Å². The highest BCUT2D eigenvalue weighted by molar-refractivity contribution is 5.88. The Labute approximate surface area is 80.7 Å². The molecule has 3 nitrogen and oxygen atoms in total. The lowest BCUT2D eigenvalue weighted by atomic mass is 10.1. The Bertz CT molecular complexity index is 374. The second-order valence-electron chi connectivity index (χ2n) is 2.65. The SMILES string of the molecule is NCC=Cc1cccc(C(=O)O)c1F. The van der Waals surface area contributed by atoms with E-state index < -0.39 is 11.8 Å². The highest BCUT2D eigenvalue weighted by Gasteiger charge is 2.11. The molecule has 0 aromatic heterocycles. The fraction of sp³-hybridized carbons (Fsp3) is 0.100. The molecule has 0 heterocycles. The summed E-state index contributed by atoms with van der Waals surface area (Å²) in [6.45, 7) is 0.288. The second-order valence-corrected chi connectivity index (χ2v) is 2.65. The summed E-state index contributed by atoms with van der Waals surface area (Å²) >= 11 is 0. The van der Waals surface area contributed by atoms with Crippen molar-refractivity contribution in [2.75, 3.05) is 6.54 Å². The molecule has 0 amide bonds. The summed E-state index contributed by atoms with van der Waals surface area (Å²) in [6.07, 6.45) is 3.02. The monoisotopic (exact) mass is 195 g/mol. The van der Waals surface area contributed by atoms with Gasteiger partial charge in [0.15, 0.2) is 0 Å². The van der Waals surface area contributed by atoms with Gasteiger partial charge in [0.25, 0.3) is 0 Å². The van der Waals surface area contributed by atoms with Gasteiger partial charge in [-0.1, -0.05) is 24.3 Å². The van der Waals surface area contributed by atoms with Crippen LogP contribution in [0.5, 0.6) is 0 Å². The fourth-order valence-electron chi connectivity index (χ4n) is 1.04. The second kappa shape index (κ2) is 4.53. The van der Waals surface area contributed by atoms with Crippen LogP contribution in [0.2, 0.25) is 0 Å². The smallest absolute Gasteiger partial charge is 0.338 e. The quantitative estimate of drug-likeness (QED) is 0.768. The number of carboxylic acids is 1. The zero-order valence-electron chi connectivity index (χ0n) is 7.40. The molecule has 0 fully saturated rings. The topological polar surface area (TPSA) is 63.3 Å². The van der Waals surface area contributed by atoms with E-state index in [-0.39, 0.29) is 17.7 Å². The highest BCUT2D eigenvalue weighted by Crippen LogP contribution is 2.14. The maximum atomic E-state index is 13.4. The van der Waals surface area contributed by atoms with E-state index in [1.165, 1.54) is 24.3 Å². The molecule has 4 heteroatoms. The molecular weight excluding hydrogens is 185 g/mol. The number of benzene rings is 1. The van der Waals surface area contributed by atoms with E-state index in [2.05, 4.69) is 0 Å². The lowest BCUT2D eigenvalue weighted by molar-refractivity contribution is 0.0692. The van der Waals surface area contributed by atoms with Crippen molar-refractivity contribution in [3.63, 3.8) is 0 Å². The predicted molar refractivity (Wildman–Crippen MR) is 51.4 cm³/mol. The molecule has 0 atom stereocenters. The van der Waals surface area contributed by atoms with Gasteiger partial charge in [-0.3, -0.25) is 0 Å². The molecule has 0 saturated heterocycles. The van der Waals surface area contributed by atoms with E-state index in [1.807, 2.05) is 0 Å². The Balaban J connectivity index is 3.14. The van der Waals surface area contributed by atoms with Crippen LogP contribution in [0, 0.1) is 5.82 Å². The van der Waals surface area contributed by atoms with Crippen molar-refractivity contribution in [1.29, 1.82) is 0 Å². The first-order valence-corrected chi connectivity index (χ1v) is 4.05. The molecule has 0 bridgehead atoms. The molecule has 0 radical (unpaired) electrons. The lowest BCUT2D eigenvalue weighted by Crippen LogP contribution is -2.01. The minimum absolute atomic E-state index is 0.232. The van der Waals surface area contributed by atoms with Crippen molar-refractivity contribution in [3.8, 4) is 0 Å². The van der Waals surface area contributed by atoms with Crippen LogP contribution in [0.1, 0.15) is 15.9 Å². The molecule has 1 aromatic rings. The van der Waals surface area contributed by atoms with Crippen molar-refractivity contribution < 1.29 is 14.3 Å². The normalized spacial score (nSPS) is 10.7. The third-order valence-electron chi connectivity index (χ3n) is 1.69. The number of hydrogen-bond donors (Lipinski definition) is 2. The Morgan fingerprint density at radius 3 is 2.86 bits per heavy atom. The van der Waals surface area contributed by atoms with Crippen LogP contribution in [-0.2, 0) is 0 Å². The molecule has 0 unspecified atom stereocenters. The van der Waals surface area contributed by atoms with E-state index in [0.29, 0.717) is 0 Å². The summed E-state index contributed by atoms with van der Waals surface area (Å²) in [4.78, 5) is 10.6. The van der Waals surface area contributed by atoms with Crippen molar-refractivity contribution >= 4 is 12.0 Å². The number of hydrogen-bond acceptors (Lipinski definition) is 2. The van der Waals surface area contributed by atoms with Gasteiger partial charge >= 0.3 is 5.97 Å². The van der Waals surface area contributed by atoms with Crippen LogP contribution in [0.25, 0.3) is 6.08 Å². The molecule has 1 aromatic carbocycles. The third kappa shape index (κ3) is 2.17. The average Bonchev–Trinajstić information content (AvgIpc) is 2.16. The van der Waals surface area contributed by atoms with Gasteiger partial charge in [0.2, 0.25) is 0 Å². The molecule has 0 aliphatic heterocycles. The number of aromatic carboxylic acids is 1. The summed E-state index contributed by atoms with van der Waals surface area (Å²) in [5.41, 5.74) is 5.10. The minimum Gasteiger partial charge on any atom is -0.478 e. The summed E-state index contributed by atoms with van der Waals surface area (Å²) in [6, 6.07) is 4.20. The van der Waals surface area contributed by atoms with Crippen LogP contribution in [-0.4, -0.2) is 17.6 Å². The first-order chi connectivity index (χ1) is 6.66. The summed E-state index contributed by atoms with van der Waals surface area (Å²) in [5.74, 6) is -2.00. The molecule has 0 aliphatic rings. The van der Waals surface area contributed by atoms with Gasteiger partial charge in [0.05, 0.1) is 5.56 Å². The molecule has 0 saturated carbocycles. The van der Waals surface area contributed by atoms with Gasteiger partial charge in [-0.2, -0.15) is 0 Å². The third-order valence-corrected chi connectivity index (χ3v) is 1.69. The lowest BCUT2D eigenvalue weighted by Gasteiger charge is -2.00. The van der Waals surface area contributed by atoms with Crippen LogP contribution in [0.3, 0.4) is 0 Å². The number of carboxylic acid groups (broad SMARTS) is 1. The highest BCUT2D eigenvalue weighted by atomic mass is 19.1. The van der Waals surface area contributed by atoms with Crippen molar-refractivity contribution in [1.82, 2.24) is 0 Å². The standard InChI is InChI=1S/C10H10FNO2/c11-9-7(4-2-6-12)3-1-5-8(9)10(13)14/h1-5H,6,12H2,(H,13,14). The molecule has 14 heavy (non-hydrogen) atoms. The zero-order valence-corrected chi connectivity index (χ0v) is 7.40. The summed E-state index contributed by atoms with van der Waals surface area (Å²) in [5, 5.41) is 8.63. The van der Waals surface area contributed by atoms with Crippen LogP contribution < -0.4 is 5.73 Å². The minimum atomic E-state index is -1.27. The van der Waals surface area contributed by atoms with Crippen LogP contribution in [0.15, 0.2) is 24.3 Å². The van der Waals surface area contributed by atoms with Crippen molar-refractivity contribution in [3.05, 3.63) is 41.2 Å². The van der Waals surface area contributed by atoms with E-state index in [4.69, 9.17) is 10.8 Å². The van der Waals surface area contributed by atoms with E-state index in [0.717, 1.165) is 0 Å². The summed E-state index contributed by atoms with van der Waals surface area (Å²) in [7, 11) is 0. The van der Waals surface area contributed by atoms with Gasteiger partial charge in [-0.25, -0.2) is 9.18 Å². The van der Waals surface area contributed by atoms with Crippen LogP contribution in [0.4, 0.5) is 4.39 Å². The number of nitrogens with two attached hydrogens (primary N) is 1. The van der Waals surface area contributed by atoms with E-state index >= 15 is 0 Å². The predicted octanol–water partition coefficient (Wildman–Crippen LogP) is 1.50. The molecule has 74 valence electrons. The maximum absolute atomic E-state index is 13.4. The average molecular weight is 195 g/mol. The maximum Gasteiger partial charge on any atom is 0.338 e. The Morgan fingerprint density at radius 2 is 2.29 bits per heavy atom. The van der Waals surface area contributed by atoms with E-state index in [1.54, 1.807) is 6.08 Å². The van der Waals surface area contributed by atoms with Crippen molar-refractivity contribution in [2.45, 2.75) is 0 Å². The molecule has 0 spiro atoms. The molecule has 3 N–H and O–H groups in total. The largest absolute Gasteiger partial charge is 0.478 e. The van der Waals surface area contributed by atoms with Gasteiger partial charge in [0.1, 0.15) is 5.82 Å². The van der Waals surface area contributed by atoms with Gasteiger partial charge in [0, 0.05) is 12.1 Å². The van der Waals surface area contributed by atoms with Gasteiger partial charge in [-0.15, -0.1) is 0 Å². The Hall–Kier alpha value is -1.68. The van der Waals surface area contributed by atoms with Crippen molar-refractivity contribution in [2.24, 2.45) is 5.73 Å². The van der Waals surface area contributed by atoms with Crippen LogP contribution >= 0.6 is 0 Å². The van der Waals surface area contributed by atoms with Gasteiger partial charge < -0.3 is 10.8 Å². The Kier molecular flexibility index (Phi) is 3.36. The van der Waals surface area contributed by atoms with E-state index in [9.17, 15) is 9.18 Å². The number of carbonyl (C=O) groups is 1. The summed E-state index contributed by atoms with van der Waals surface area (Å²) < 4.78 is 13.4. The molecule has 1 rings (SSSR count). The number of rotatable bonds is 3. The first-order valence-electron chi connectivity index (χ1n) is 4.05.